The van der Waals surface area contributed by atoms with Crippen molar-refractivity contribution < 1.29 is 23.9 Å². The van der Waals surface area contributed by atoms with E-state index in [9.17, 15) is 14.3 Å². The fourth-order valence-electron chi connectivity index (χ4n) is 1.59. The minimum Gasteiger partial charge on any atom is -0.481 e. The van der Waals surface area contributed by atoms with Crippen LogP contribution in [0.25, 0.3) is 10.9 Å². The van der Waals surface area contributed by atoms with Gasteiger partial charge in [0.15, 0.2) is 5.75 Å². The summed E-state index contributed by atoms with van der Waals surface area (Å²) in [4.78, 5) is 22.8. The molecule has 0 amide bonds. The zero-order valence-corrected chi connectivity index (χ0v) is 10.8. The van der Waals surface area contributed by atoms with Crippen molar-refractivity contribution in [2.45, 2.75) is 6.42 Å². The van der Waals surface area contributed by atoms with E-state index >= 15 is 0 Å². The summed E-state index contributed by atoms with van der Waals surface area (Å²) < 4.78 is 16.7. The molecule has 2 aromatic rings. The standard InChI is InChI=1S/C11H13N2O5P/c14-11(15)5-6-13-19(16,17)18-10-7-12-9-4-2-1-3-8(9)10/h1-4,7,12H,5-6H2,(H,14,15)(H2,13,16,17). The summed E-state index contributed by atoms with van der Waals surface area (Å²) in [6, 6.07) is 7.16. The monoisotopic (exact) mass is 284 g/mol. The number of nitrogens with one attached hydrogen (secondary N) is 2. The summed E-state index contributed by atoms with van der Waals surface area (Å²) in [5, 5.41) is 11.3. The van der Waals surface area contributed by atoms with E-state index in [0.29, 0.717) is 5.39 Å². The Morgan fingerprint density at radius 2 is 2.16 bits per heavy atom. The average molecular weight is 284 g/mol. The van der Waals surface area contributed by atoms with Crippen LogP contribution >= 0.6 is 7.75 Å². The predicted molar refractivity (Wildman–Crippen MR) is 69.0 cm³/mol. The van der Waals surface area contributed by atoms with E-state index in [1.807, 2.05) is 12.1 Å². The molecule has 4 N–H and O–H groups in total. The van der Waals surface area contributed by atoms with Crippen LogP contribution in [-0.2, 0) is 9.36 Å². The van der Waals surface area contributed by atoms with Crippen LogP contribution in [0.2, 0.25) is 0 Å². The van der Waals surface area contributed by atoms with Crippen LogP contribution in [-0.4, -0.2) is 27.5 Å². The number of para-hydroxylation sites is 1. The molecule has 1 aromatic heterocycles. The highest BCUT2D eigenvalue weighted by Crippen LogP contribution is 2.40. The van der Waals surface area contributed by atoms with Crippen molar-refractivity contribution >= 4 is 24.6 Å². The van der Waals surface area contributed by atoms with Crippen LogP contribution in [0.1, 0.15) is 6.42 Å². The first-order valence-corrected chi connectivity index (χ1v) is 7.11. The third-order valence-electron chi connectivity index (χ3n) is 2.42. The second kappa shape index (κ2) is 5.44. The van der Waals surface area contributed by atoms with E-state index < -0.39 is 13.7 Å². The molecule has 1 aromatic carbocycles. The van der Waals surface area contributed by atoms with Gasteiger partial charge in [-0.2, -0.15) is 0 Å². The number of aromatic nitrogens is 1. The van der Waals surface area contributed by atoms with Crippen molar-refractivity contribution in [2.75, 3.05) is 6.54 Å². The van der Waals surface area contributed by atoms with Gasteiger partial charge < -0.3 is 19.5 Å². The number of fused-ring (bicyclic) bond motifs is 1. The summed E-state index contributed by atoms with van der Waals surface area (Å²) in [7, 11) is -4.08. The number of rotatable bonds is 6. The van der Waals surface area contributed by atoms with Gasteiger partial charge in [0.1, 0.15) is 0 Å². The molecule has 1 heterocycles. The smallest absolute Gasteiger partial charge is 0.456 e. The third-order valence-corrected chi connectivity index (χ3v) is 3.49. The lowest BCUT2D eigenvalue weighted by Gasteiger charge is -2.12. The van der Waals surface area contributed by atoms with Crippen molar-refractivity contribution in [3.63, 3.8) is 0 Å². The van der Waals surface area contributed by atoms with Gasteiger partial charge in [-0.15, -0.1) is 0 Å². The van der Waals surface area contributed by atoms with Crippen LogP contribution in [0.5, 0.6) is 5.75 Å². The van der Waals surface area contributed by atoms with E-state index in [0.717, 1.165) is 5.52 Å². The van der Waals surface area contributed by atoms with Gasteiger partial charge in [-0.05, 0) is 12.1 Å². The molecule has 1 atom stereocenters. The highest BCUT2D eigenvalue weighted by Gasteiger charge is 2.22. The summed E-state index contributed by atoms with van der Waals surface area (Å²) in [6.07, 6.45) is 1.22. The van der Waals surface area contributed by atoms with Crippen LogP contribution in [0, 0.1) is 0 Å². The fourth-order valence-corrected chi connectivity index (χ4v) is 2.47. The summed E-state index contributed by atoms with van der Waals surface area (Å²) >= 11 is 0. The predicted octanol–water partition coefficient (Wildman–Crippen LogP) is 1.71. The molecule has 0 spiro atoms. The van der Waals surface area contributed by atoms with Gasteiger partial charge in [0.2, 0.25) is 0 Å². The number of carboxylic acid groups (broad SMARTS) is 1. The number of carbonyl (C=O) groups is 1. The van der Waals surface area contributed by atoms with Crippen LogP contribution in [0.3, 0.4) is 0 Å². The molecular weight excluding hydrogens is 271 g/mol. The lowest BCUT2D eigenvalue weighted by Crippen LogP contribution is -2.17. The Hall–Kier alpha value is -1.82. The fraction of sp³-hybridized carbons (Fsp3) is 0.182. The van der Waals surface area contributed by atoms with Gasteiger partial charge >= 0.3 is 13.7 Å². The Bertz CT molecular complexity index is 639. The molecule has 0 radical (unpaired) electrons. The molecule has 0 aliphatic heterocycles. The zero-order chi connectivity index (χ0) is 13.9. The van der Waals surface area contributed by atoms with Gasteiger partial charge in [0, 0.05) is 23.6 Å². The number of carboxylic acids is 1. The summed E-state index contributed by atoms with van der Waals surface area (Å²) in [5.74, 6) is -0.816. The molecule has 0 aliphatic carbocycles. The lowest BCUT2D eigenvalue weighted by molar-refractivity contribution is -0.136. The second-order valence-electron chi connectivity index (χ2n) is 3.86. The Labute approximate surface area is 108 Å². The Kier molecular flexibility index (Phi) is 3.90. The maximum absolute atomic E-state index is 11.7. The average Bonchev–Trinajstić information content (AvgIpc) is 2.71. The molecule has 19 heavy (non-hydrogen) atoms. The molecule has 102 valence electrons. The van der Waals surface area contributed by atoms with Gasteiger partial charge in [0.25, 0.3) is 0 Å². The summed E-state index contributed by atoms with van der Waals surface area (Å²) in [6.45, 7) is -0.147. The first-order chi connectivity index (χ1) is 8.98. The molecule has 2 rings (SSSR count). The van der Waals surface area contributed by atoms with Crippen LogP contribution in [0.4, 0.5) is 0 Å². The van der Waals surface area contributed by atoms with Gasteiger partial charge in [-0.25, -0.2) is 9.65 Å². The van der Waals surface area contributed by atoms with Gasteiger partial charge in [0.05, 0.1) is 6.42 Å². The first-order valence-electron chi connectivity index (χ1n) is 5.53. The number of aliphatic carboxylic acids is 1. The molecule has 8 heteroatoms. The van der Waals surface area contributed by atoms with E-state index in [1.165, 1.54) is 6.20 Å². The molecule has 0 saturated heterocycles. The maximum Gasteiger partial charge on any atom is 0.456 e. The van der Waals surface area contributed by atoms with E-state index in [1.54, 1.807) is 12.1 Å². The van der Waals surface area contributed by atoms with Crippen molar-refractivity contribution in [1.29, 1.82) is 0 Å². The van der Waals surface area contributed by atoms with Crippen LogP contribution < -0.4 is 9.61 Å². The molecule has 0 fully saturated rings. The SMILES string of the molecule is O=C(O)CCNP(=O)(O)Oc1c[nH]c2ccccc12. The van der Waals surface area contributed by atoms with Crippen molar-refractivity contribution in [3.8, 4) is 5.75 Å². The number of hydrogen-bond acceptors (Lipinski definition) is 3. The third kappa shape index (κ3) is 3.57. The van der Waals surface area contributed by atoms with Crippen molar-refractivity contribution in [3.05, 3.63) is 30.5 Å². The number of benzene rings is 1. The number of aromatic amines is 1. The molecule has 7 nitrogen and oxygen atoms in total. The molecule has 0 saturated carbocycles. The largest absolute Gasteiger partial charge is 0.481 e. The van der Waals surface area contributed by atoms with Crippen molar-refractivity contribution in [1.82, 2.24) is 10.1 Å². The topological polar surface area (TPSA) is 112 Å². The Morgan fingerprint density at radius 1 is 1.42 bits per heavy atom. The normalized spacial score (nSPS) is 14.2. The maximum atomic E-state index is 11.7. The van der Waals surface area contributed by atoms with E-state index in [4.69, 9.17) is 9.63 Å². The van der Waals surface area contributed by atoms with Gasteiger partial charge in [-0.1, -0.05) is 12.1 Å². The first kappa shape index (κ1) is 13.6. The zero-order valence-electron chi connectivity index (χ0n) is 9.87. The number of H-pyrrole nitrogens is 1. The Balaban J connectivity index is 2.07. The minimum atomic E-state index is -4.08. The van der Waals surface area contributed by atoms with Crippen molar-refractivity contribution in [2.24, 2.45) is 0 Å². The molecule has 0 bridgehead atoms. The highest BCUT2D eigenvalue weighted by atomic mass is 31.2. The lowest BCUT2D eigenvalue weighted by atomic mass is 10.2. The summed E-state index contributed by atoms with van der Waals surface area (Å²) in [5.41, 5.74) is 0.781. The second-order valence-corrected chi connectivity index (χ2v) is 5.40. The molecule has 1 unspecified atom stereocenters. The van der Waals surface area contributed by atoms with E-state index in [-0.39, 0.29) is 18.7 Å². The van der Waals surface area contributed by atoms with E-state index in [2.05, 4.69) is 10.1 Å². The number of hydrogen-bond donors (Lipinski definition) is 4. The Morgan fingerprint density at radius 3 is 2.89 bits per heavy atom. The minimum absolute atomic E-state index is 0.147. The quantitative estimate of drug-likeness (QED) is 0.601. The molecule has 0 aliphatic rings. The molecular formula is C11H13N2O5P. The van der Waals surface area contributed by atoms with Crippen LogP contribution in [0.15, 0.2) is 30.5 Å². The van der Waals surface area contributed by atoms with Gasteiger partial charge in [-0.3, -0.25) is 4.79 Å². The highest BCUT2D eigenvalue weighted by molar-refractivity contribution is 7.51.